The van der Waals surface area contributed by atoms with Crippen molar-refractivity contribution in [2.75, 3.05) is 0 Å². The van der Waals surface area contributed by atoms with Crippen molar-refractivity contribution in [3.8, 4) is 0 Å². The first-order valence-electron chi connectivity index (χ1n) is 4.45. The van der Waals surface area contributed by atoms with E-state index in [-0.39, 0.29) is 0 Å². The van der Waals surface area contributed by atoms with Crippen LogP contribution >= 0.6 is 0 Å². The van der Waals surface area contributed by atoms with E-state index in [2.05, 4.69) is 9.83 Å². The van der Waals surface area contributed by atoms with Gasteiger partial charge in [0.05, 0.1) is 0 Å². The molecule has 3 nitrogen and oxygen atoms in total. The Hall–Kier alpha value is -1.82. The van der Waals surface area contributed by atoms with Crippen LogP contribution in [-0.2, 0) is 5.54 Å². The number of imidazole rings is 1. The summed E-state index contributed by atoms with van der Waals surface area (Å²) in [5.41, 5.74) is 1.43. The summed E-state index contributed by atoms with van der Waals surface area (Å²) in [6, 6.07) is 3.92. The number of rotatable bonds is 1. The van der Waals surface area contributed by atoms with Crippen molar-refractivity contribution < 1.29 is 0 Å². The van der Waals surface area contributed by atoms with E-state index in [1.807, 2.05) is 42.8 Å². The highest BCUT2D eigenvalue weighted by Gasteiger charge is 2.25. The topological polar surface area (TPSA) is 21.7 Å². The van der Waals surface area contributed by atoms with E-state index in [1.54, 1.807) is 6.20 Å². The third-order valence-electron chi connectivity index (χ3n) is 2.38. The zero-order chi connectivity index (χ0) is 10.2. The predicted octanol–water partition coefficient (Wildman–Crippen LogP) is 2.49. The number of pyridine rings is 1. The van der Waals surface area contributed by atoms with Crippen molar-refractivity contribution in [1.29, 1.82) is 0 Å². The Morgan fingerprint density at radius 1 is 1.43 bits per heavy atom. The van der Waals surface area contributed by atoms with Gasteiger partial charge in [0.2, 0.25) is 0 Å². The van der Waals surface area contributed by atoms with E-state index in [9.17, 15) is 0 Å². The predicted molar refractivity (Wildman–Crippen MR) is 54.8 cm³/mol. The number of hydrogen-bond donors (Lipinski definition) is 0. The van der Waals surface area contributed by atoms with Crippen molar-refractivity contribution >= 4 is 5.65 Å². The molecule has 0 aliphatic rings. The van der Waals surface area contributed by atoms with Crippen molar-refractivity contribution in [3.05, 3.63) is 47.7 Å². The molecule has 0 aromatic carbocycles. The molecule has 0 aliphatic carbocycles. The molecule has 14 heavy (non-hydrogen) atoms. The van der Waals surface area contributed by atoms with Crippen LogP contribution in [0.1, 0.15) is 19.4 Å². The molecule has 2 aromatic rings. The summed E-state index contributed by atoms with van der Waals surface area (Å²) in [6.07, 6.45) is 5.58. The molecule has 0 saturated heterocycles. The molecule has 0 saturated carbocycles. The molecule has 2 aromatic heterocycles. The van der Waals surface area contributed by atoms with E-state index < -0.39 is 5.54 Å². The molecule has 0 spiro atoms. The summed E-state index contributed by atoms with van der Waals surface area (Å²) in [5.74, 6) is 0. The van der Waals surface area contributed by atoms with E-state index in [1.165, 1.54) is 0 Å². The third kappa shape index (κ3) is 1.25. The van der Waals surface area contributed by atoms with Gasteiger partial charge in [0.25, 0.3) is 5.54 Å². The smallest absolute Gasteiger partial charge is 0.252 e. The lowest BCUT2D eigenvalue weighted by molar-refractivity contribution is 0.663. The summed E-state index contributed by atoms with van der Waals surface area (Å²) in [6.45, 7) is 10.9. The Kier molecular flexibility index (Phi) is 1.78. The fourth-order valence-corrected chi connectivity index (χ4v) is 1.36. The van der Waals surface area contributed by atoms with Crippen LogP contribution in [0, 0.1) is 6.57 Å². The molecule has 0 radical (unpaired) electrons. The summed E-state index contributed by atoms with van der Waals surface area (Å²) in [4.78, 5) is 7.78. The molecule has 3 heteroatoms. The van der Waals surface area contributed by atoms with Crippen molar-refractivity contribution in [3.63, 3.8) is 0 Å². The second-order valence-electron chi connectivity index (χ2n) is 3.78. The molecule has 2 rings (SSSR count). The molecule has 0 atom stereocenters. The van der Waals surface area contributed by atoms with E-state index >= 15 is 0 Å². The minimum absolute atomic E-state index is 0.465. The van der Waals surface area contributed by atoms with Crippen LogP contribution in [0.15, 0.2) is 30.7 Å². The van der Waals surface area contributed by atoms with Gasteiger partial charge in [-0.15, -0.1) is 0 Å². The molecule has 0 unspecified atom stereocenters. The highest BCUT2D eigenvalue weighted by molar-refractivity contribution is 5.44. The summed E-state index contributed by atoms with van der Waals surface area (Å²) < 4.78 is 1.93. The monoisotopic (exact) mass is 185 g/mol. The zero-order valence-corrected chi connectivity index (χ0v) is 8.23. The summed E-state index contributed by atoms with van der Waals surface area (Å²) in [7, 11) is 0. The molecule has 0 N–H and O–H groups in total. The Morgan fingerprint density at radius 3 is 2.93 bits per heavy atom. The minimum Gasteiger partial charge on any atom is -0.307 e. The number of nitrogens with zero attached hydrogens (tertiary/aromatic N) is 3. The van der Waals surface area contributed by atoms with Gasteiger partial charge in [0.1, 0.15) is 5.65 Å². The van der Waals surface area contributed by atoms with Crippen LogP contribution in [0.4, 0.5) is 0 Å². The lowest BCUT2D eigenvalue weighted by Crippen LogP contribution is -2.11. The number of fused-ring (bicyclic) bond motifs is 1. The fourth-order valence-electron chi connectivity index (χ4n) is 1.36. The average Bonchev–Trinajstić information content (AvgIpc) is 2.64. The second kappa shape index (κ2) is 2.85. The van der Waals surface area contributed by atoms with Gasteiger partial charge < -0.3 is 9.25 Å². The highest BCUT2D eigenvalue weighted by atomic mass is 15.0. The van der Waals surface area contributed by atoms with Crippen molar-refractivity contribution in [2.45, 2.75) is 19.4 Å². The third-order valence-corrected chi connectivity index (χ3v) is 2.38. The molecule has 0 amide bonds. The highest BCUT2D eigenvalue weighted by Crippen LogP contribution is 2.24. The lowest BCUT2D eigenvalue weighted by atomic mass is 9.96. The SMILES string of the molecule is [C-]#[N+]C(C)(C)c1ccn2ccnc2c1. The van der Waals surface area contributed by atoms with Crippen LogP contribution in [0.5, 0.6) is 0 Å². The van der Waals surface area contributed by atoms with E-state index in [0.29, 0.717) is 0 Å². The maximum atomic E-state index is 7.11. The molecule has 2 heterocycles. The van der Waals surface area contributed by atoms with Crippen LogP contribution in [0.3, 0.4) is 0 Å². The summed E-state index contributed by atoms with van der Waals surface area (Å²) >= 11 is 0. The molecular weight excluding hydrogens is 174 g/mol. The van der Waals surface area contributed by atoms with Gasteiger partial charge in [-0.05, 0) is 12.1 Å². The van der Waals surface area contributed by atoms with Gasteiger partial charge in [-0.2, -0.15) is 0 Å². The summed E-state index contributed by atoms with van der Waals surface area (Å²) in [5, 5.41) is 0. The van der Waals surface area contributed by atoms with E-state index in [0.717, 1.165) is 11.2 Å². The van der Waals surface area contributed by atoms with Crippen LogP contribution in [0.25, 0.3) is 10.5 Å². The fraction of sp³-hybridized carbons (Fsp3) is 0.273. The maximum absolute atomic E-state index is 7.11. The Bertz CT molecular complexity index is 502. The second-order valence-corrected chi connectivity index (χ2v) is 3.78. The number of hydrogen-bond acceptors (Lipinski definition) is 1. The lowest BCUT2D eigenvalue weighted by Gasteiger charge is -2.11. The van der Waals surface area contributed by atoms with E-state index in [4.69, 9.17) is 6.57 Å². The first-order valence-corrected chi connectivity index (χ1v) is 4.45. The molecule has 0 fully saturated rings. The first-order chi connectivity index (χ1) is 6.63. The van der Waals surface area contributed by atoms with Gasteiger partial charge in [0, 0.05) is 38.0 Å². The Labute approximate surface area is 82.8 Å². The van der Waals surface area contributed by atoms with Crippen LogP contribution in [0.2, 0.25) is 0 Å². The van der Waals surface area contributed by atoms with Gasteiger partial charge in [0.15, 0.2) is 0 Å². The van der Waals surface area contributed by atoms with Crippen LogP contribution in [-0.4, -0.2) is 9.38 Å². The molecule has 70 valence electrons. The maximum Gasteiger partial charge on any atom is 0.252 e. The average molecular weight is 185 g/mol. The van der Waals surface area contributed by atoms with Gasteiger partial charge in [-0.1, -0.05) is 0 Å². The zero-order valence-electron chi connectivity index (χ0n) is 8.23. The van der Waals surface area contributed by atoms with Gasteiger partial charge in [-0.25, -0.2) is 11.6 Å². The standard InChI is InChI=1S/C11H11N3/c1-11(2,12-3)9-4-6-14-7-5-13-10(14)8-9/h4-8H,1-2H3. The quantitative estimate of drug-likeness (QED) is 0.625. The van der Waals surface area contributed by atoms with Gasteiger partial charge in [-0.3, -0.25) is 0 Å². The Balaban J connectivity index is 2.61. The minimum atomic E-state index is -0.465. The molecule has 0 aliphatic heterocycles. The van der Waals surface area contributed by atoms with Crippen LogP contribution < -0.4 is 0 Å². The normalized spacial score (nSPS) is 11.5. The first kappa shape index (κ1) is 8.76. The van der Waals surface area contributed by atoms with Gasteiger partial charge >= 0.3 is 0 Å². The van der Waals surface area contributed by atoms with Crippen molar-refractivity contribution in [1.82, 2.24) is 9.38 Å². The molecule has 0 bridgehead atoms. The Morgan fingerprint density at radius 2 is 2.21 bits per heavy atom. The van der Waals surface area contributed by atoms with Crippen molar-refractivity contribution in [2.24, 2.45) is 0 Å². The number of aromatic nitrogens is 2. The largest absolute Gasteiger partial charge is 0.307 e. The molecular formula is C11H11N3.